The molecule has 0 saturated heterocycles. The van der Waals surface area contributed by atoms with E-state index in [1.165, 1.54) is 36.8 Å². The molecule has 0 amide bonds. The van der Waals surface area contributed by atoms with Gasteiger partial charge in [-0.15, -0.1) is 0 Å². The van der Waals surface area contributed by atoms with E-state index in [0.29, 0.717) is 11.5 Å². The molecule has 2 fully saturated rings. The van der Waals surface area contributed by atoms with Gasteiger partial charge in [0.1, 0.15) is 0 Å². The Morgan fingerprint density at radius 1 is 1.04 bits per heavy atom. The highest BCUT2D eigenvalue weighted by Crippen LogP contribution is 2.44. The number of aromatic nitrogens is 1. The molecular weight excluding hydrogens is 294 g/mol. The summed E-state index contributed by atoms with van der Waals surface area (Å²) in [6.07, 6.45) is 9.16. The van der Waals surface area contributed by atoms with Crippen LogP contribution in [0.1, 0.15) is 42.7 Å². The maximum absolute atomic E-state index is 4.19. The lowest BCUT2D eigenvalue weighted by Gasteiger charge is -2.42. The molecule has 3 nitrogen and oxygen atoms in total. The Labute approximate surface area is 144 Å². The van der Waals surface area contributed by atoms with E-state index in [2.05, 4.69) is 52.0 Å². The summed E-state index contributed by atoms with van der Waals surface area (Å²) in [6.45, 7) is 3.18. The maximum Gasteiger partial charge on any atom is 0.0312 e. The van der Waals surface area contributed by atoms with Crippen molar-refractivity contribution in [3.05, 3.63) is 66.0 Å². The summed E-state index contributed by atoms with van der Waals surface area (Å²) in [6, 6.07) is 15.8. The normalized spacial score (nSPS) is 24.3. The van der Waals surface area contributed by atoms with Gasteiger partial charge in [0.25, 0.3) is 0 Å². The van der Waals surface area contributed by atoms with Gasteiger partial charge in [0, 0.05) is 44.0 Å². The number of nitrogens with one attached hydrogen (secondary N) is 2. The summed E-state index contributed by atoms with van der Waals surface area (Å²) in [7, 11) is 0. The summed E-state index contributed by atoms with van der Waals surface area (Å²) >= 11 is 0. The van der Waals surface area contributed by atoms with Crippen molar-refractivity contribution in [1.82, 2.24) is 15.6 Å². The number of benzene rings is 1. The van der Waals surface area contributed by atoms with Crippen LogP contribution in [0.25, 0.3) is 0 Å². The molecule has 24 heavy (non-hydrogen) atoms. The van der Waals surface area contributed by atoms with E-state index in [9.17, 15) is 0 Å². The number of hydrogen-bond acceptors (Lipinski definition) is 3. The third kappa shape index (κ3) is 3.68. The Balaban J connectivity index is 1.23. The van der Waals surface area contributed by atoms with Gasteiger partial charge in [-0.2, -0.15) is 0 Å². The monoisotopic (exact) mass is 321 g/mol. The van der Waals surface area contributed by atoms with Gasteiger partial charge >= 0.3 is 0 Å². The average molecular weight is 321 g/mol. The van der Waals surface area contributed by atoms with E-state index in [1.54, 1.807) is 0 Å². The zero-order valence-electron chi connectivity index (χ0n) is 14.2. The Bertz CT molecular complexity index is 637. The third-order valence-corrected chi connectivity index (χ3v) is 5.72. The topological polar surface area (TPSA) is 37.0 Å². The molecule has 1 aromatic carbocycles. The van der Waals surface area contributed by atoms with Crippen LogP contribution >= 0.6 is 0 Å². The van der Waals surface area contributed by atoms with Crippen molar-refractivity contribution in [1.29, 1.82) is 0 Å². The van der Waals surface area contributed by atoms with Crippen LogP contribution in [0.3, 0.4) is 0 Å². The van der Waals surface area contributed by atoms with Crippen molar-refractivity contribution in [2.24, 2.45) is 5.41 Å². The lowest BCUT2D eigenvalue weighted by molar-refractivity contribution is 0.126. The Hall–Kier alpha value is -1.71. The number of rotatable bonds is 8. The smallest absolute Gasteiger partial charge is 0.0312 e. The van der Waals surface area contributed by atoms with Crippen molar-refractivity contribution < 1.29 is 0 Å². The molecule has 0 spiro atoms. The van der Waals surface area contributed by atoms with Crippen molar-refractivity contribution in [3.8, 4) is 0 Å². The number of nitrogens with zero attached hydrogens (tertiary/aromatic N) is 1. The van der Waals surface area contributed by atoms with Crippen LogP contribution in [0.4, 0.5) is 0 Å². The highest BCUT2D eigenvalue weighted by atomic mass is 15.0. The van der Waals surface area contributed by atoms with Crippen molar-refractivity contribution >= 4 is 0 Å². The number of pyridine rings is 1. The Kier molecular flexibility index (Phi) is 4.63. The second-order valence-corrected chi connectivity index (χ2v) is 7.56. The molecule has 1 aromatic heterocycles. The quantitative estimate of drug-likeness (QED) is 0.781. The zero-order chi connectivity index (χ0) is 16.2. The highest BCUT2D eigenvalue weighted by molar-refractivity contribution is 5.27. The standard InChI is InChI=1S/C21H27N3/c1-2-7-18(8-3-1)19-12-20(19)24-16-21(9-5-10-21)15-23-14-17-6-4-11-22-13-17/h1-4,6-8,11,13,19-20,23-24H,5,9-10,12,14-16H2/t19-,20?/m1/s1. The average Bonchev–Trinajstić information content (AvgIpc) is 3.38. The van der Waals surface area contributed by atoms with Crippen molar-refractivity contribution in [3.63, 3.8) is 0 Å². The van der Waals surface area contributed by atoms with E-state index >= 15 is 0 Å². The fraction of sp³-hybridized carbons (Fsp3) is 0.476. The van der Waals surface area contributed by atoms with Gasteiger partial charge in [0.05, 0.1) is 0 Å². The molecule has 2 aliphatic carbocycles. The highest BCUT2D eigenvalue weighted by Gasteiger charge is 2.42. The summed E-state index contributed by atoms with van der Waals surface area (Å²) in [5.74, 6) is 0.728. The molecule has 2 N–H and O–H groups in total. The second-order valence-electron chi connectivity index (χ2n) is 7.56. The first kappa shape index (κ1) is 15.8. The molecule has 1 unspecified atom stereocenters. The molecule has 2 aliphatic rings. The summed E-state index contributed by atoms with van der Waals surface area (Å²) < 4.78 is 0. The fourth-order valence-corrected chi connectivity index (χ4v) is 3.90. The Morgan fingerprint density at radius 3 is 2.62 bits per heavy atom. The zero-order valence-corrected chi connectivity index (χ0v) is 14.2. The van der Waals surface area contributed by atoms with Crippen LogP contribution in [0.2, 0.25) is 0 Å². The van der Waals surface area contributed by atoms with Gasteiger partial charge in [0.2, 0.25) is 0 Å². The summed E-state index contributed by atoms with van der Waals surface area (Å²) in [5.41, 5.74) is 3.23. The molecule has 2 atom stereocenters. The van der Waals surface area contributed by atoms with Crippen LogP contribution in [-0.4, -0.2) is 24.1 Å². The maximum atomic E-state index is 4.19. The Morgan fingerprint density at radius 2 is 1.92 bits per heavy atom. The van der Waals surface area contributed by atoms with Crippen LogP contribution in [0.15, 0.2) is 54.9 Å². The molecule has 3 heteroatoms. The SMILES string of the molecule is c1ccc([C@H]2CC2NCC2(CNCc3cccnc3)CCC2)cc1. The van der Waals surface area contributed by atoms with Gasteiger partial charge in [0.15, 0.2) is 0 Å². The van der Waals surface area contributed by atoms with Gasteiger partial charge in [-0.3, -0.25) is 4.98 Å². The minimum absolute atomic E-state index is 0.464. The predicted molar refractivity (Wildman–Crippen MR) is 97.8 cm³/mol. The number of hydrogen-bond donors (Lipinski definition) is 2. The molecular formula is C21H27N3. The molecule has 1 heterocycles. The van der Waals surface area contributed by atoms with Gasteiger partial charge in [-0.05, 0) is 41.9 Å². The van der Waals surface area contributed by atoms with E-state index < -0.39 is 0 Å². The molecule has 4 rings (SSSR count). The fourth-order valence-electron chi connectivity index (χ4n) is 3.90. The van der Waals surface area contributed by atoms with Crippen LogP contribution in [0, 0.1) is 5.41 Å². The summed E-state index contributed by atoms with van der Waals surface area (Å²) in [5, 5.41) is 7.50. The van der Waals surface area contributed by atoms with E-state index in [1.807, 2.05) is 18.5 Å². The van der Waals surface area contributed by atoms with Crippen molar-refractivity contribution in [2.75, 3.05) is 13.1 Å². The lowest BCUT2D eigenvalue weighted by atomic mass is 9.68. The van der Waals surface area contributed by atoms with Gasteiger partial charge in [-0.1, -0.05) is 42.8 Å². The molecule has 0 aliphatic heterocycles. The molecule has 0 radical (unpaired) electrons. The molecule has 126 valence electrons. The minimum Gasteiger partial charge on any atom is -0.313 e. The largest absolute Gasteiger partial charge is 0.313 e. The first-order valence-corrected chi connectivity index (χ1v) is 9.23. The van der Waals surface area contributed by atoms with E-state index in [-0.39, 0.29) is 0 Å². The third-order valence-electron chi connectivity index (χ3n) is 5.72. The second kappa shape index (κ2) is 7.04. The molecule has 2 saturated carbocycles. The first-order valence-electron chi connectivity index (χ1n) is 9.23. The first-order chi connectivity index (χ1) is 11.8. The van der Waals surface area contributed by atoms with Crippen LogP contribution in [-0.2, 0) is 6.54 Å². The molecule has 2 aromatic rings. The van der Waals surface area contributed by atoms with Crippen LogP contribution < -0.4 is 10.6 Å². The molecule has 0 bridgehead atoms. The van der Waals surface area contributed by atoms with Crippen LogP contribution in [0.5, 0.6) is 0 Å². The van der Waals surface area contributed by atoms with Gasteiger partial charge < -0.3 is 10.6 Å². The van der Waals surface area contributed by atoms with Crippen molar-refractivity contribution in [2.45, 2.75) is 44.2 Å². The van der Waals surface area contributed by atoms with E-state index in [0.717, 1.165) is 25.6 Å². The summed E-state index contributed by atoms with van der Waals surface area (Å²) in [4.78, 5) is 4.19. The van der Waals surface area contributed by atoms with E-state index in [4.69, 9.17) is 0 Å². The minimum atomic E-state index is 0.464. The lowest BCUT2D eigenvalue weighted by Crippen LogP contribution is -2.47. The predicted octanol–water partition coefficient (Wildman–Crippen LogP) is 3.49. The van der Waals surface area contributed by atoms with Gasteiger partial charge in [-0.25, -0.2) is 0 Å².